The second-order valence-electron chi connectivity index (χ2n) is 6.91. The number of aromatic nitrogens is 1. The lowest BCUT2D eigenvalue weighted by molar-refractivity contribution is -0.146. The molecule has 4 rings (SSSR count). The lowest BCUT2D eigenvalue weighted by Gasteiger charge is -2.13. The van der Waals surface area contributed by atoms with E-state index in [4.69, 9.17) is 4.74 Å². The molecule has 7 nitrogen and oxygen atoms in total. The van der Waals surface area contributed by atoms with E-state index in [2.05, 4.69) is 5.43 Å². The molecule has 1 N–H and O–H groups in total. The Hall–Kier alpha value is -3.87. The molecule has 2 amide bonds. The fourth-order valence-electron chi connectivity index (χ4n) is 3.52. The number of carbonyl (C=O) groups is 3. The minimum Gasteiger partial charge on any atom is -0.464 e. The molecule has 0 bridgehead atoms. The van der Waals surface area contributed by atoms with Crippen molar-refractivity contribution in [1.29, 1.82) is 0 Å². The van der Waals surface area contributed by atoms with Crippen LogP contribution in [0.4, 0.5) is 5.69 Å². The number of nitrogens with one attached hydrogen (secondary N) is 1. The number of hydrogen-bond acceptors (Lipinski definition) is 4. The molecule has 2 heterocycles. The van der Waals surface area contributed by atoms with Crippen molar-refractivity contribution in [2.45, 2.75) is 19.9 Å². The number of benzene rings is 2. The maximum absolute atomic E-state index is 12.9. The minimum atomic E-state index is -0.545. The Kier molecular flexibility index (Phi) is 5.10. The first-order valence-corrected chi connectivity index (χ1v) is 9.69. The number of nitrogens with zero attached hydrogens (tertiary/aromatic N) is 2. The molecule has 7 heteroatoms. The maximum atomic E-state index is 12.9. The number of ether oxygens (including phenoxy) is 1. The molecule has 1 aliphatic rings. The van der Waals surface area contributed by atoms with Gasteiger partial charge in [0.2, 0.25) is 0 Å². The summed E-state index contributed by atoms with van der Waals surface area (Å²) in [5, 5.41) is 2.06. The molecule has 1 saturated heterocycles. The normalized spacial score (nSPS) is 16.2. The van der Waals surface area contributed by atoms with Gasteiger partial charge in [-0.1, -0.05) is 36.4 Å². The van der Waals surface area contributed by atoms with Crippen LogP contribution in [0, 0.1) is 0 Å². The lowest BCUT2D eigenvalue weighted by atomic mass is 10.1. The molecular weight excluding hydrogens is 382 g/mol. The summed E-state index contributed by atoms with van der Waals surface area (Å²) in [6.45, 7) is 3.81. The SMILES string of the molecule is CCOC(=O)[C@@H](C)n1cc(/C=C2/C(=O)NN(c3ccccc3)C2=O)c2ccccc21. The highest BCUT2D eigenvalue weighted by molar-refractivity contribution is 6.32. The molecule has 0 saturated carbocycles. The van der Waals surface area contributed by atoms with Gasteiger partial charge in [-0.3, -0.25) is 15.0 Å². The highest BCUT2D eigenvalue weighted by Gasteiger charge is 2.34. The van der Waals surface area contributed by atoms with E-state index < -0.39 is 17.9 Å². The second-order valence-corrected chi connectivity index (χ2v) is 6.91. The van der Waals surface area contributed by atoms with Crippen LogP contribution in [-0.2, 0) is 19.1 Å². The van der Waals surface area contributed by atoms with Gasteiger partial charge in [-0.15, -0.1) is 0 Å². The average Bonchev–Trinajstić information content (AvgIpc) is 3.27. The standard InChI is InChI=1S/C23H21N3O4/c1-3-30-23(29)15(2)25-14-16(18-11-7-8-12-20(18)25)13-19-21(27)24-26(22(19)28)17-9-5-4-6-10-17/h4-15H,3H2,1-2H3,(H,24,27)/b19-13-/t15-/m1/s1. The smallest absolute Gasteiger partial charge is 0.328 e. The Bertz CT molecular complexity index is 1160. The topological polar surface area (TPSA) is 80.6 Å². The molecule has 2 aromatic carbocycles. The lowest BCUT2D eigenvalue weighted by Crippen LogP contribution is -2.35. The van der Waals surface area contributed by atoms with Gasteiger partial charge in [-0.05, 0) is 38.1 Å². The van der Waals surface area contributed by atoms with Crippen LogP contribution in [0.15, 0.2) is 66.4 Å². The number of hydrazine groups is 1. The summed E-state index contributed by atoms with van der Waals surface area (Å²) >= 11 is 0. The Balaban J connectivity index is 1.75. The Morgan fingerprint density at radius 2 is 1.80 bits per heavy atom. The minimum absolute atomic E-state index is 0.0329. The van der Waals surface area contributed by atoms with E-state index in [1.54, 1.807) is 55.0 Å². The number of fused-ring (bicyclic) bond motifs is 1. The predicted molar refractivity (Wildman–Crippen MR) is 113 cm³/mol. The van der Waals surface area contributed by atoms with E-state index in [1.807, 2.05) is 30.3 Å². The van der Waals surface area contributed by atoms with Crippen molar-refractivity contribution in [3.8, 4) is 0 Å². The van der Waals surface area contributed by atoms with E-state index >= 15 is 0 Å². The van der Waals surface area contributed by atoms with Crippen molar-refractivity contribution in [2.75, 3.05) is 11.6 Å². The Morgan fingerprint density at radius 1 is 1.10 bits per heavy atom. The monoisotopic (exact) mass is 403 g/mol. The van der Waals surface area contributed by atoms with Gasteiger partial charge in [0.05, 0.1) is 12.3 Å². The van der Waals surface area contributed by atoms with Crippen LogP contribution in [-0.4, -0.2) is 29.0 Å². The summed E-state index contributed by atoms with van der Waals surface area (Å²) in [5.74, 6) is -1.25. The molecule has 1 atom stereocenters. The van der Waals surface area contributed by atoms with Crippen molar-refractivity contribution in [3.63, 3.8) is 0 Å². The largest absolute Gasteiger partial charge is 0.464 e. The third-order valence-electron chi connectivity index (χ3n) is 5.02. The van der Waals surface area contributed by atoms with Gasteiger partial charge in [0.15, 0.2) is 0 Å². The first-order chi connectivity index (χ1) is 14.5. The highest BCUT2D eigenvalue weighted by atomic mass is 16.5. The molecule has 152 valence electrons. The molecule has 0 spiro atoms. The van der Waals surface area contributed by atoms with Crippen LogP contribution in [0.1, 0.15) is 25.5 Å². The molecule has 1 aliphatic heterocycles. The van der Waals surface area contributed by atoms with Crippen LogP contribution in [0.5, 0.6) is 0 Å². The summed E-state index contributed by atoms with van der Waals surface area (Å²) in [6, 6.07) is 15.9. The van der Waals surface area contributed by atoms with Crippen LogP contribution in [0.25, 0.3) is 17.0 Å². The summed E-state index contributed by atoms with van der Waals surface area (Å²) in [7, 11) is 0. The molecule has 0 unspecified atom stereocenters. The van der Waals surface area contributed by atoms with E-state index in [0.29, 0.717) is 17.9 Å². The number of rotatable bonds is 5. The van der Waals surface area contributed by atoms with E-state index in [9.17, 15) is 14.4 Å². The van der Waals surface area contributed by atoms with Crippen LogP contribution in [0.2, 0.25) is 0 Å². The molecule has 0 radical (unpaired) electrons. The summed E-state index contributed by atoms with van der Waals surface area (Å²) in [4.78, 5) is 37.7. The quantitative estimate of drug-likeness (QED) is 0.403. The first kappa shape index (κ1) is 19.4. The average molecular weight is 403 g/mol. The van der Waals surface area contributed by atoms with Crippen LogP contribution in [0.3, 0.4) is 0 Å². The van der Waals surface area contributed by atoms with Crippen molar-refractivity contribution in [2.24, 2.45) is 0 Å². The van der Waals surface area contributed by atoms with Gasteiger partial charge in [0.25, 0.3) is 11.8 Å². The molecule has 3 aromatic rings. The summed E-state index contributed by atoms with van der Waals surface area (Å²) in [6.07, 6.45) is 3.34. The van der Waals surface area contributed by atoms with Crippen LogP contribution < -0.4 is 10.4 Å². The van der Waals surface area contributed by atoms with Gasteiger partial charge in [0.1, 0.15) is 11.6 Å². The van der Waals surface area contributed by atoms with Gasteiger partial charge in [-0.2, -0.15) is 0 Å². The second kappa shape index (κ2) is 7.87. The van der Waals surface area contributed by atoms with Crippen molar-refractivity contribution in [1.82, 2.24) is 9.99 Å². The molecule has 1 aromatic heterocycles. The summed E-state index contributed by atoms with van der Waals surface area (Å²) < 4.78 is 6.94. The zero-order valence-electron chi connectivity index (χ0n) is 16.7. The Labute approximate surface area is 173 Å². The van der Waals surface area contributed by atoms with Crippen molar-refractivity contribution >= 4 is 40.4 Å². The fraction of sp³-hybridized carbons (Fsp3) is 0.174. The van der Waals surface area contributed by atoms with Crippen molar-refractivity contribution < 1.29 is 19.1 Å². The summed E-state index contributed by atoms with van der Waals surface area (Å²) in [5.41, 5.74) is 4.70. The third kappa shape index (κ3) is 3.34. The van der Waals surface area contributed by atoms with Gasteiger partial charge < -0.3 is 9.30 Å². The highest BCUT2D eigenvalue weighted by Crippen LogP contribution is 2.29. The number of anilines is 1. The first-order valence-electron chi connectivity index (χ1n) is 9.69. The number of amides is 2. The van der Waals surface area contributed by atoms with Gasteiger partial charge >= 0.3 is 5.97 Å². The number of esters is 1. The number of hydrogen-bond donors (Lipinski definition) is 1. The zero-order chi connectivity index (χ0) is 21.3. The molecular formula is C23H21N3O4. The zero-order valence-corrected chi connectivity index (χ0v) is 16.7. The van der Waals surface area contributed by atoms with Crippen LogP contribution >= 0.6 is 0 Å². The number of para-hydroxylation sites is 2. The third-order valence-corrected chi connectivity index (χ3v) is 5.02. The van der Waals surface area contributed by atoms with E-state index in [-0.39, 0.29) is 11.5 Å². The maximum Gasteiger partial charge on any atom is 0.328 e. The Morgan fingerprint density at radius 3 is 2.53 bits per heavy atom. The predicted octanol–water partition coefficient (Wildman–Crippen LogP) is 3.23. The van der Waals surface area contributed by atoms with Gasteiger partial charge in [0, 0.05) is 22.7 Å². The fourth-order valence-corrected chi connectivity index (χ4v) is 3.52. The molecule has 0 aliphatic carbocycles. The molecule has 1 fully saturated rings. The molecule has 30 heavy (non-hydrogen) atoms. The van der Waals surface area contributed by atoms with Gasteiger partial charge in [-0.25, -0.2) is 9.80 Å². The van der Waals surface area contributed by atoms with E-state index in [1.165, 1.54) is 5.01 Å². The van der Waals surface area contributed by atoms with Crippen molar-refractivity contribution in [3.05, 3.63) is 71.9 Å². The van der Waals surface area contributed by atoms with E-state index in [0.717, 1.165) is 10.9 Å². The number of carbonyl (C=O) groups excluding carboxylic acids is 3.